The summed E-state index contributed by atoms with van der Waals surface area (Å²) < 4.78 is 11.4. The number of amides is 1. The van der Waals surface area contributed by atoms with Gasteiger partial charge in [0.15, 0.2) is 0 Å². The van der Waals surface area contributed by atoms with Crippen LogP contribution in [0.25, 0.3) is 33.2 Å². The molecular formula is C33H36N2O3. The Morgan fingerprint density at radius 1 is 0.921 bits per heavy atom. The van der Waals surface area contributed by atoms with E-state index in [1.54, 1.807) is 0 Å². The minimum absolute atomic E-state index is 0.0868. The molecule has 1 aliphatic rings. The molecule has 1 fully saturated rings. The summed E-state index contributed by atoms with van der Waals surface area (Å²) >= 11 is 0. The third-order valence-corrected chi connectivity index (χ3v) is 6.92. The lowest BCUT2D eigenvalue weighted by molar-refractivity contribution is -0.00807. The number of carbonyl (C=O) groups excluding carboxylic acids is 1. The van der Waals surface area contributed by atoms with Crippen LogP contribution in [0.1, 0.15) is 44.9 Å². The highest BCUT2D eigenvalue weighted by molar-refractivity contribution is 5.99. The van der Waals surface area contributed by atoms with E-state index < -0.39 is 5.60 Å². The molecule has 0 unspecified atom stereocenters. The Hall–Kier alpha value is -3.70. The molecule has 5 heteroatoms. The van der Waals surface area contributed by atoms with E-state index in [0.717, 1.165) is 40.6 Å². The van der Waals surface area contributed by atoms with Crippen LogP contribution in [0.3, 0.4) is 0 Å². The Kier molecular flexibility index (Phi) is 7.48. The monoisotopic (exact) mass is 508 g/mol. The number of fused-ring (bicyclic) bond motifs is 1. The van der Waals surface area contributed by atoms with Crippen LogP contribution in [0, 0.1) is 6.92 Å². The Labute approximate surface area is 225 Å². The molecule has 1 saturated heterocycles. The van der Waals surface area contributed by atoms with Gasteiger partial charge in [-0.2, -0.15) is 0 Å². The molecular weight excluding hydrogens is 472 g/mol. The summed E-state index contributed by atoms with van der Waals surface area (Å²) in [5.74, 6) is 0. The van der Waals surface area contributed by atoms with E-state index in [1.165, 1.54) is 16.7 Å². The van der Waals surface area contributed by atoms with Crippen molar-refractivity contribution in [1.29, 1.82) is 0 Å². The highest BCUT2D eigenvalue weighted by Gasteiger charge is 2.30. The van der Waals surface area contributed by atoms with Crippen molar-refractivity contribution in [2.45, 2.75) is 58.7 Å². The topological polar surface area (TPSA) is 51.7 Å². The number of aryl methyl sites for hydroxylation is 1. The van der Waals surface area contributed by atoms with E-state index in [0.29, 0.717) is 19.8 Å². The molecule has 3 aromatic carbocycles. The van der Waals surface area contributed by atoms with Gasteiger partial charge >= 0.3 is 6.09 Å². The smallest absolute Gasteiger partial charge is 0.410 e. The van der Waals surface area contributed by atoms with Crippen LogP contribution in [0.15, 0.2) is 78.9 Å². The van der Waals surface area contributed by atoms with Gasteiger partial charge in [-0.3, -0.25) is 4.98 Å². The highest BCUT2D eigenvalue weighted by Crippen LogP contribution is 2.37. The molecule has 38 heavy (non-hydrogen) atoms. The molecule has 0 atom stereocenters. The summed E-state index contributed by atoms with van der Waals surface area (Å²) in [6.45, 7) is 9.56. The summed E-state index contributed by atoms with van der Waals surface area (Å²) in [6.07, 6.45) is 1.34. The maximum Gasteiger partial charge on any atom is 0.410 e. The van der Waals surface area contributed by atoms with Gasteiger partial charge in [0.1, 0.15) is 5.60 Å². The molecule has 1 aromatic heterocycles. The zero-order chi connectivity index (χ0) is 26.7. The molecule has 196 valence electrons. The highest BCUT2D eigenvalue weighted by atomic mass is 16.6. The molecule has 0 spiro atoms. The minimum atomic E-state index is -0.556. The Morgan fingerprint density at radius 2 is 1.61 bits per heavy atom. The third-order valence-electron chi connectivity index (χ3n) is 6.92. The standard InChI is InChI=1S/C33H36N2O3/c1-23-20-29(28-13-9-8-12-27(28)25-10-6-5-7-11-25)30-21-24(14-15-31(30)34-23)22-35(26-16-18-37-19-17-26)32(36)38-33(2,3)4/h5-15,20-21,26H,16-19,22H2,1-4H3. The number of hydrogen-bond donors (Lipinski definition) is 0. The second-order valence-corrected chi connectivity index (χ2v) is 11.0. The van der Waals surface area contributed by atoms with Crippen LogP contribution in [0.2, 0.25) is 0 Å². The van der Waals surface area contributed by atoms with E-state index in [9.17, 15) is 4.79 Å². The van der Waals surface area contributed by atoms with Crippen molar-refractivity contribution in [2.24, 2.45) is 0 Å². The van der Waals surface area contributed by atoms with Gasteiger partial charge < -0.3 is 14.4 Å². The molecule has 5 rings (SSSR count). The normalized spacial score (nSPS) is 14.4. The zero-order valence-corrected chi connectivity index (χ0v) is 22.7. The number of ether oxygens (including phenoxy) is 2. The Balaban J connectivity index is 1.57. The van der Waals surface area contributed by atoms with Crippen molar-refractivity contribution in [3.8, 4) is 22.3 Å². The van der Waals surface area contributed by atoms with Crippen molar-refractivity contribution in [1.82, 2.24) is 9.88 Å². The van der Waals surface area contributed by atoms with Crippen LogP contribution in [-0.2, 0) is 16.0 Å². The maximum absolute atomic E-state index is 13.3. The van der Waals surface area contributed by atoms with Crippen LogP contribution in [-0.4, -0.2) is 40.8 Å². The molecule has 1 aliphatic heterocycles. The Morgan fingerprint density at radius 3 is 2.32 bits per heavy atom. The molecule has 0 N–H and O–H groups in total. The van der Waals surface area contributed by atoms with Gasteiger partial charge in [0, 0.05) is 36.9 Å². The molecule has 0 aliphatic carbocycles. The van der Waals surface area contributed by atoms with Gasteiger partial charge in [0.25, 0.3) is 0 Å². The number of aromatic nitrogens is 1. The number of nitrogens with zero attached hydrogens (tertiary/aromatic N) is 2. The van der Waals surface area contributed by atoms with E-state index in [-0.39, 0.29) is 12.1 Å². The van der Waals surface area contributed by atoms with Crippen molar-refractivity contribution in [2.75, 3.05) is 13.2 Å². The van der Waals surface area contributed by atoms with Gasteiger partial charge in [-0.1, -0.05) is 60.7 Å². The number of pyridine rings is 1. The number of hydrogen-bond acceptors (Lipinski definition) is 4. The average Bonchev–Trinajstić information content (AvgIpc) is 2.91. The number of benzene rings is 3. The summed E-state index contributed by atoms with van der Waals surface area (Å²) in [5, 5.41) is 1.08. The van der Waals surface area contributed by atoms with E-state index in [4.69, 9.17) is 14.5 Å². The predicted molar refractivity (Wildman–Crippen MR) is 153 cm³/mol. The van der Waals surface area contributed by atoms with Gasteiger partial charge in [-0.05, 0) is 86.6 Å². The summed E-state index contributed by atoms with van der Waals surface area (Å²) in [7, 11) is 0. The summed E-state index contributed by atoms with van der Waals surface area (Å²) in [5.41, 5.74) is 7.09. The van der Waals surface area contributed by atoms with Gasteiger partial charge in [0.05, 0.1) is 5.52 Å². The number of carbonyl (C=O) groups is 1. The van der Waals surface area contributed by atoms with Gasteiger partial charge in [-0.25, -0.2) is 4.79 Å². The van der Waals surface area contributed by atoms with Crippen molar-refractivity contribution in [3.05, 3.63) is 90.1 Å². The lowest BCUT2D eigenvalue weighted by Gasteiger charge is -2.35. The first-order valence-electron chi connectivity index (χ1n) is 13.4. The van der Waals surface area contributed by atoms with Gasteiger partial charge in [-0.15, -0.1) is 0 Å². The lowest BCUT2D eigenvalue weighted by Crippen LogP contribution is -2.45. The minimum Gasteiger partial charge on any atom is -0.444 e. The van der Waals surface area contributed by atoms with Crippen LogP contribution in [0.4, 0.5) is 4.79 Å². The largest absolute Gasteiger partial charge is 0.444 e. The molecule has 0 radical (unpaired) electrons. The maximum atomic E-state index is 13.3. The molecule has 4 aromatic rings. The lowest BCUT2D eigenvalue weighted by atomic mass is 9.91. The fourth-order valence-corrected chi connectivity index (χ4v) is 5.17. The second kappa shape index (κ2) is 11.0. The van der Waals surface area contributed by atoms with E-state index >= 15 is 0 Å². The van der Waals surface area contributed by atoms with Crippen molar-refractivity contribution < 1.29 is 14.3 Å². The Bertz CT molecular complexity index is 1420. The first kappa shape index (κ1) is 25.9. The third kappa shape index (κ3) is 5.89. The first-order chi connectivity index (χ1) is 18.3. The summed E-state index contributed by atoms with van der Waals surface area (Å²) in [4.78, 5) is 20.0. The zero-order valence-electron chi connectivity index (χ0n) is 22.7. The second-order valence-electron chi connectivity index (χ2n) is 11.0. The van der Waals surface area contributed by atoms with E-state index in [2.05, 4.69) is 72.8 Å². The SMILES string of the molecule is Cc1cc(-c2ccccc2-c2ccccc2)c2cc(CN(C(=O)OC(C)(C)C)C3CCOCC3)ccc2n1. The fraction of sp³-hybridized carbons (Fsp3) is 0.333. The average molecular weight is 509 g/mol. The number of rotatable bonds is 5. The fourth-order valence-electron chi connectivity index (χ4n) is 5.17. The van der Waals surface area contributed by atoms with Crippen molar-refractivity contribution in [3.63, 3.8) is 0 Å². The summed E-state index contributed by atoms with van der Waals surface area (Å²) in [6, 6.07) is 27.6. The predicted octanol–water partition coefficient (Wildman–Crippen LogP) is 7.79. The molecule has 2 heterocycles. The molecule has 0 saturated carbocycles. The van der Waals surface area contributed by atoms with Crippen LogP contribution >= 0.6 is 0 Å². The van der Waals surface area contributed by atoms with Crippen LogP contribution < -0.4 is 0 Å². The molecule has 5 nitrogen and oxygen atoms in total. The van der Waals surface area contributed by atoms with Crippen molar-refractivity contribution >= 4 is 17.0 Å². The quantitative estimate of drug-likeness (QED) is 0.276. The van der Waals surface area contributed by atoms with Crippen LogP contribution in [0.5, 0.6) is 0 Å². The molecule has 0 bridgehead atoms. The molecule has 1 amide bonds. The van der Waals surface area contributed by atoms with Gasteiger partial charge in [0.2, 0.25) is 0 Å². The van der Waals surface area contributed by atoms with E-state index in [1.807, 2.05) is 38.7 Å². The first-order valence-corrected chi connectivity index (χ1v) is 13.4.